The van der Waals surface area contributed by atoms with Gasteiger partial charge < -0.3 is 5.32 Å². The van der Waals surface area contributed by atoms with E-state index in [9.17, 15) is 13.2 Å². The maximum atomic E-state index is 13.0. The molecule has 0 radical (unpaired) electrons. The minimum atomic E-state index is -3.58. The van der Waals surface area contributed by atoms with Crippen LogP contribution in [0.3, 0.4) is 0 Å². The number of anilines is 1. The zero-order valence-electron chi connectivity index (χ0n) is 15.8. The fourth-order valence-electron chi connectivity index (χ4n) is 3.85. The minimum Gasteiger partial charge on any atom is -0.326 e. The smallest absolute Gasteiger partial charge is 0.241 e. The van der Waals surface area contributed by atoms with E-state index in [4.69, 9.17) is 0 Å². The number of hydrogen-bond donors (Lipinski definition) is 3. The molecule has 150 valence electrons. The van der Waals surface area contributed by atoms with Crippen LogP contribution in [0.1, 0.15) is 55.8 Å². The molecule has 0 aliphatic heterocycles. The summed E-state index contributed by atoms with van der Waals surface area (Å²) in [6.45, 7) is 1.76. The summed E-state index contributed by atoms with van der Waals surface area (Å²) in [5.74, 6) is 0.415. The van der Waals surface area contributed by atoms with Crippen LogP contribution in [0.15, 0.2) is 29.4 Å². The third-order valence-electron chi connectivity index (χ3n) is 5.53. The molecule has 1 aromatic heterocycles. The standard InChI is InChI=1S/C19H25N5O3S/c1-12-6-7-14(10-17(12)28(26,27)24-13-8-9-13)22-19(25)16-5-3-2-4-15(16)18-20-11-21-23-18/h6-7,10-11,13,15-16,24H,2-5,8-9H2,1H3,(H,22,25)(H,20,21,23)/t15-,16+/m0/s1. The number of hydrogen-bond acceptors (Lipinski definition) is 5. The van der Waals surface area contributed by atoms with Gasteiger partial charge in [0.15, 0.2) is 0 Å². The average Bonchev–Trinajstić information content (AvgIpc) is 3.30. The predicted molar refractivity (Wildman–Crippen MR) is 104 cm³/mol. The second kappa shape index (κ2) is 7.63. The van der Waals surface area contributed by atoms with Gasteiger partial charge >= 0.3 is 0 Å². The molecule has 2 aliphatic rings. The molecule has 1 amide bonds. The number of aromatic nitrogens is 3. The van der Waals surface area contributed by atoms with E-state index in [0.717, 1.165) is 44.3 Å². The Morgan fingerprint density at radius 2 is 1.96 bits per heavy atom. The van der Waals surface area contributed by atoms with Crippen molar-refractivity contribution in [2.75, 3.05) is 5.32 Å². The van der Waals surface area contributed by atoms with Crippen LogP contribution in [0.5, 0.6) is 0 Å². The predicted octanol–water partition coefficient (Wildman–Crippen LogP) is 2.47. The molecule has 2 saturated carbocycles. The van der Waals surface area contributed by atoms with Crippen LogP contribution < -0.4 is 10.0 Å². The van der Waals surface area contributed by atoms with Crippen molar-refractivity contribution in [3.8, 4) is 0 Å². The first-order valence-corrected chi connectivity index (χ1v) is 11.2. The number of nitrogens with one attached hydrogen (secondary N) is 3. The first-order chi connectivity index (χ1) is 13.4. The van der Waals surface area contributed by atoms with Gasteiger partial charge in [-0.05, 0) is 50.3 Å². The van der Waals surface area contributed by atoms with Crippen molar-refractivity contribution in [2.45, 2.75) is 62.3 Å². The lowest BCUT2D eigenvalue weighted by molar-refractivity contribution is -0.121. The fraction of sp³-hybridized carbons (Fsp3) is 0.526. The molecule has 9 heteroatoms. The van der Waals surface area contributed by atoms with Gasteiger partial charge in [0.2, 0.25) is 15.9 Å². The zero-order chi connectivity index (χ0) is 19.7. The first kappa shape index (κ1) is 19.1. The summed E-state index contributed by atoms with van der Waals surface area (Å²) < 4.78 is 27.9. The number of benzene rings is 1. The molecule has 2 aromatic rings. The topological polar surface area (TPSA) is 117 Å². The molecule has 8 nitrogen and oxygen atoms in total. The summed E-state index contributed by atoms with van der Waals surface area (Å²) in [5, 5.41) is 9.72. The fourth-order valence-corrected chi connectivity index (χ4v) is 5.43. The number of amides is 1. The van der Waals surface area contributed by atoms with E-state index in [-0.39, 0.29) is 28.7 Å². The lowest BCUT2D eigenvalue weighted by Crippen LogP contribution is -2.31. The van der Waals surface area contributed by atoms with E-state index >= 15 is 0 Å². The van der Waals surface area contributed by atoms with Crippen molar-refractivity contribution in [1.29, 1.82) is 0 Å². The highest BCUT2D eigenvalue weighted by Crippen LogP contribution is 2.37. The SMILES string of the molecule is Cc1ccc(NC(=O)[C@@H]2CCCC[C@@H]2c2ncn[nH]2)cc1S(=O)(=O)NC1CC1. The highest BCUT2D eigenvalue weighted by Gasteiger charge is 2.34. The molecule has 2 fully saturated rings. The Morgan fingerprint density at radius 3 is 2.68 bits per heavy atom. The van der Waals surface area contributed by atoms with Gasteiger partial charge in [-0.3, -0.25) is 9.89 Å². The van der Waals surface area contributed by atoms with Crippen molar-refractivity contribution in [2.24, 2.45) is 5.92 Å². The van der Waals surface area contributed by atoms with E-state index in [1.807, 2.05) is 0 Å². The highest BCUT2D eigenvalue weighted by molar-refractivity contribution is 7.89. The maximum Gasteiger partial charge on any atom is 0.241 e. The number of H-pyrrole nitrogens is 1. The Morgan fingerprint density at radius 1 is 1.18 bits per heavy atom. The van der Waals surface area contributed by atoms with Crippen molar-refractivity contribution in [3.63, 3.8) is 0 Å². The maximum absolute atomic E-state index is 13.0. The van der Waals surface area contributed by atoms with Crippen LogP contribution in [0.25, 0.3) is 0 Å². The Kier molecular flexibility index (Phi) is 5.20. The molecule has 3 N–H and O–H groups in total. The number of nitrogens with zero attached hydrogens (tertiary/aromatic N) is 2. The number of aryl methyl sites for hydroxylation is 1. The van der Waals surface area contributed by atoms with Crippen LogP contribution in [0.4, 0.5) is 5.69 Å². The van der Waals surface area contributed by atoms with Crippen LogP contribution in [0.2, 0.25) is 0 Å². The Balaban J connectivity index is 1.53. The number of carbonyl (C=O) groups excluding carboxylic acids is 1. The largest absolute Gasteiger partial charge is 0.326 e. The van der Waals surface area contributed by atoms with E-state index in [1.54, 1.807) is 25.1 Å². The molecule has 2 aliphatic carbocycles. The highest BCUT2D eigenvalue weighted by atomic mass is 32.2. The van der Waals surface area contributed by atoms with Crippen LogP contribution in [-0.4, -0.2) is 35.5 Å². The number of aromatic amines is 1. The molecule has 28 heavy (non-hydrogen) atoms. The van der Waals surface area contributed by atoms with E-state index < -0.39 is 10.0 Å². The Labute approximate surface area is 164 Å². The first-order valence-electron chi connectivity index (χ1n) is 9.73. The van der Waals surface area contributed by atoms with Crippen LogP contribution in [0, 0.1) is 12.8 Å². The van der Waals surface area contributed by atoms with Gasteiger partial charge in [-0.1, -0.05) is 18.9 Å². The summed E-state index contributed by atoms with van der Waals surface area (Å²) in [5.41, 5.74) is 1.15. The normalized spacial score (nSPS) is 22.8. The molecule has 1 aromatic carbocycles. The van der Waals surface area contributed by atoms with E-state index in [0.29, 0.717) is 11.3 Å². The molecular formula is C19H25N5O3S. The molecule has 1 heterocycles. The van der Waals surface area contributed by atoms with Crippen molar-refractivity contribution in [1.82, 2.24) is 19.9 Å². The van der Waals surface area contributed by atoms with Crippen LogP contribution >= 0.6 is 0 Å². The molecule has 2 atom stereocenters. The lowest BCUT2D eigenvalue weighted by Gasteiger charge is -2.29. The summed E-state index contributed by atoms with van der Waals surface area (Å²) >= 11 is 0. The van der Waals surface area contributed by atoms with Gasteiger partial charge in [0.1, 0.15) is 12.2 Å². The summed E-state index contributed by atoms with van der Waals surface area (Å²) in [7, 11) is -3.58. The van der Waals surface area contributed by atoms with Gasteiger partial charge in [0.25, 0.3) is 0 Å². The Hall–Kier alpha value is -2.26. The average molecular weight is 404 g/mol. The minimum absolute atomic E-state index is 0.00133. The molecular weight excluding hydrogens is 378 g/mol. The summed E-state index contributed by atoms with van der Waals surface area (Å²) in [6, 6.07) is 5.05. The Bertz CT molecular complexity index is 954. The molecule has 0 unspecified atom stereocenters. The van der Waals surface area contributed by atoms with E-state index in [1.165, 1.54) is 6.33 Å². The molecule has 0 saturated heterocycles. The third kappa shape index (κ3) is 4.10. The third-order valence-corrected chi connectivity index (χ3v) is 7.19. The number of sulfonamides is 1. The molecule has 0 bridgehead atoms. The summed E-state index contributed by atoms with van der Waals surface area (Å²) in [6.07, 6.45) is 6.90. The van der Waals surface area contributed by atoms with Crippen molar-refractivity contribution in [3.05, 3.63) is 35.9 Å². The van der Waals surface area contributed by atoms with Gasteiger partial charge in [-0.25, -0.2) is 18.1 Å². The molecule has 4 rings (SSSR count). The van der Waals surface area contributed by atoms with Crippen molar-refractivity contribution >= 4 is 21.6 Å². The lowest BCUT2D eigenvalue weighted by atomic mass is 9.78. The summed E-state index contributed by atoms with van der Waals surface area (Å²) in [4.78, 5) is 17.4. The number of rotatable bonds is 6. The second-order valence-corrected chi connectivity index (χ2v) is 9.42. The van der Waals surface area contributed by atoms with Gasteiger partial charge in [-0.15, -0.1) is 0 Å². The van der Waals surface area contributed by atoms with Gasteiger partial charge in [-0.2, -0.15) is 5.10 Å². The monoisotopic (exact) mass is 403 g/mol. The molecule has 0 spiro atoms. The quantitative estimate of drug-likeness (QED) is 0.685. The van der Waals surface area contributed by atoms with Crippen molar-refractivity contribution < 1.29 is 13.2 Å². The second-order valence-electron chi connectivity index (χ2n) is 7.73. The van der Waals surface area contributed by atoms with E-state index in [2.05, 4.69) is 25.2 Å². The number of carbonyl (C=O) groups is 1. The zero-order valence-corrected chi connectivity index (χ0v) is 16.6. The van der Waals surface area contributed by atoms with Gasteiger partial charge in [0, 0.05) is 23.6 Å². The van der Waals surface area contributed by atoms with Gasteiger partial charge in [0.05, 0.1) is 4.90 Å². The van der Waals surface area contributed by atoms with Crippen LogP contribution in [-0.2, 0) is 14.8 Å².